The van der Waals surface area contributed by atoms with Crippen LogP contribution in [0.4, 0.5) is 0 Å². The van der Waals surface area contributed by atoms with E-state index in [2.05, 4.69) is 0 Å². The second-order valence-corrected chi connectivity index (χ2v) is 7.77. The predicted molar refractivity (Wildman–Crippen MR) is 65.1 cm³/mol. The summed E-state index contributed by atoms with van der Waals surface area (Å²) in [6, 6.07) is 0. The molecule has 0 radical (unpaired) electrons. The van der Waals surface area contributed by atoms with Gasteiger partial charge in [0.15, 0.2) is 0 Å². The highest BCUT2D eigenvalue weighted by atomic mass is 32.2. The highest BCUT2D eigenvalue weighted by Gasteiger charge is 2.38. The Morgan fingerprint density at radius 1 is 1.12 bits per heavy atom. The first-order valence-corrected chi connectivity index (χ1v) is 8.31. The van der Waals surface area contributed by atoms with E-state index in [1.54, 1.807) is 4.31 Å². The summed E-state index contributed by atoms with van der Waals surface area (Å²) in [6.07, 6.45) is 4.35. The lowest BCUT2D eigenvalue weighted by molar-refractivity contribution is 0.173. The molecule has 2 heterocycles. The Morgan fingerprint density at radius 2 is 1.94 bits per heavy atom. The maximum atomic E-state index is 12.1. The van der Waals surface area contributed by atoms with E-state index in [0.29, 0.717) is 23.5 Å². The highest BCUT2D eigenvalue weighted by Crippen LogP contribution is 2.35. The van der Waals surface area contributed by atoms with Crippen molar-refractivity contribution in [3.8, 4) is 0 Å². The van der Waals surface area contributed by atoms with Crippen LogP contribution in [0.2, 0.25) is 0 Å². The average Bonchev–Trinajstić information content (AvgIpc) is 2.85. The van der Waals surface area contributed by atoms with Crippen LogP contribution < -0.4 is 0 Å². The minimum absolute atomic E-state index is 0.390. The lowest BCUT2D eigenvalue weighted by Gasteiger charge is -2.18. The van der Waals surface area contributed by atoms with E-state index >= 15 is 0 Å². The largest absolute Gasteiger partial charge is 0.381 e. The van der Waals surface area contributed by atoms with Crippen molar-refractivity contribution in [1.29, 1.82) is 0 Å². The molecular formula is C12H21NO3S. The molecule has 3 fully saturated rings. The fraction of sp³-hybridized carbons (Fsp3) is 1.00. The molecule has 2 saturated heterocycles. The van der Waals surface area contributed by atoms with Crippen molar-refractivity contribution in [2.75, 3.05) is 32.1 Å². The number of rotatable bonds is 4. The topological polar surface area (TPSA) is 46.6 Å². The van der Waals surface area contributed by atoms with Gasteiger partial charge in [0.25, 0.3) is 0 Å². The maximum absolute atomic E-state index is 12.1. The van der Waals surface area contributed by atoms with Crippen LogP contribution >= 0.6 is 0 Å². The molecule has 0 aromatic heterocycles. The Bertz CT molecular complexity index is 371. The van der Waals surface area contributed by atoms with Gasteiger partial charge < -0.3 is 4.74 Å². The molecule has 3 rings (SSSR count). The molecule has 3 aliphatic rings. The van der Waals surface area contributed by atoms with Gasteiger partial charge in [-0.05, 0) is 43.4 Å². The minimum atomic E-state index is -2.97. The van der Waals surface area contributed by atoms with Gasteiger partial charge >= 0.3 is 0 Å². The lowest BCUT2D eigenvalue weighted by Crippen LogP contribution is -2.32. The van der Waals surface area contributed by atoms with E-state index in [-0.39, 0.29) is 0 Å². The summed E-state index contributed by atoms with van der Waals surface area (Å²) in [6.45, 7) is 3.16. The number of ether oxygens (including phenoxy) is 1. The molecule has 1 saturated carbocycles. The first-order valence-electron chi connectivity index (χ1n) is 6.71. The fourth-order valence-electron chi connectivity index (χ4n) is 3.00. The van der Waals surface area contributed by atoms with Gasteiger partial charge in [-0.3, -0.25) is 0 Å². The molecule has 0 amide bonds. The van der Waals surface area contributed by atoms with Crippen LogP contribution in [0, 0.1) is 17.8 Å². The minimum Gasteiger partial charge on any atom is -0.381 e. The molecular weight excluding hydrogens is 238 g/mol. The molecule has 5 heteroatoms. The molecule has 98 valence electrons. The third-order valence-electron chi connectivity index (χ3n) is 4.36. The van der Waals surface area contributed by atoms with Gasteiger partial charge in [-0.2, -0.15) is 0 Å². The summed E-state index contributed by atoms with van der Waals surface area (Å²) < 4.78 is 31.4. The Balaban J connectivity index is 1.58. The number of hydrogen-bond donors (Lipinski definition) is 0. The summed E-state index contributed by atoms with van der Waals surface area (Å²) in [5, 5.41) is 0. The molecule has 0 N–H and O–H groups in total. The van der Waals surface area contributed by atoms with E-state index in [1.807, 2.05) is 0 Å². The van der Waals surface area contributed by atoms with Gasteiger partial charge in [0, 0.05) is 26.3 Å². The van der Waals surface area contributed by atoms with Crippen molar-refractivity contribution in [1.82, 2.24) is 4.31 Å². The van der Waals surface area contributed by atoms with Crippen molar-refractivity contribution in [2.24, 2.45) is 17.8 Å². The third kappa shape index (κ3) is 2.66. The zero-order chi connectivity index (χ0) is 11.9. The molecule has 1 aliphatic carbocycles. The van der Waals surface area contributed by atoms with Crippen molar-refractivity contribution in [3.05, 3.63) is 0 Å². The molecule has 2 aliphatic heterocycles. The zero-order valence-electron chi connectivity index (χ0n) is 10.2. The first-order chi connectivity index (χ1) is 8.15. The third-order valence-corrected chi connectivity index (χ3v) is 6.37. The summed E-state index contributed by atoms with van der Waals surface area (Å²) in [7, 11) is -2.97. The molecule has 0 aromatic rings. The van der Waals surface area contributed by atoms with Gasteiger partial charge in [0.05, 0.1) is 5.75 Å². The average molecular weight is 259 g/mol. The molecule has 2 unspecified atom stereocenters. The van der Waals surface area contributed by atoms with Crippen LogP contribution in [0.3, 0.4) is 0 Å². The predicted octanol–water partition coefficient (Wildman–Crippen LogP) is 1.08. The Labute approximate surface area is 103 Å². The summed E-state index contributed by atoms with van der Waals surface area (Å²) in [5.41, 5.74) is 0. The second-order valence-electron chi connectivity index (χ2n) is 5.75. The smallest absolute Gasteiger partial charge is 0.214 e. The summed E-state index contributed by atoms with van der Waals surface area (Å²) in [4.78, 5) is 0. The molecule has 4 nitrogen and oxygen atoms in total. The Morgan fingerprint density at radius 3 is 2.59 bits per heavy atom. The molecule has 0 aromatic carbocycles. The zero-order valence-corrected chi connectivity index (χ0v) is 11.0. The van der Waals surface area contributed by atoms with E-state index < -0.39 is 10.0 Å². The van der Waals surface area contributed by atoms with Crippen LogP contribution in [-0.2, 0) is 14.8 Å². The molecule has 0 bridgehead atoms. The van der Waals surface area contributed by atoms with E-state index in [4.69, 9.17) is 4.74 Å². The van der Waals surface area contributed by atoms with Crippen LogP contribution in [0.1, 0.15) is 25.7 Å². The molecule has 17 heavy (non-hydrogen) atoms. The Kier molecular flexibility index (Phi) is 3.17. The summed E-state index contributed by atoms with van der Waals surface area (Å²) >= 11 is 0. The van der Waals surface area contributed by atoms with Crippen molar-refractivity contribution >= 4 is 10.0 Å². The first kappa shape index (κ1) is 11.9. The monoisotopic (exact) mass is 259 g/mol. The van der Waals surface area contributed by atoms with Crippen molar-refractivity contribution in [3.63, 3.8) is 0 Å². The molecule has 2 atom stereocenters. The van der Waals surface area contributed by atoms with Gasteiger partial charge in [-0.25, -0.2) is 12.7 Å². The van der Waals surface area contributed by atoms with Crippen LogP contribution in [-0.4, -0.2) is 44.8 Å². The number of hydrogen-bond acceptors (Lipinski definition) is 3. The van der Waals surface area contributed by atoms with Crippen molar-refractivity contribution < 1.29 is 13.2 Å². The normalized spacial score (nSPS) is 35.5. The van der Waals surface area contributed by atoms with Gasteiger partial charge in [0.2, 0.25) is 10.0 Å². The van der Waals surface area contributed by atoms with Crippen LogP contribution in [0.5, 0.6) is 0 Å². The van der Waals surface area contributed by atoms with Crippen LogP contribution in [0.25, 0.3) is 0 Å². The van der Waals surface area contributed by atoms with Gasteiger partial charge in [0.1, 0.15) is 0 Å². The SMILES string of the molecule is O=S(=O)(CC1CC1)N1CCC(C2CCOC2)C1. The van der Waals surface area contributed by atoms with Gasteiger partial charge in [-0.15, -0.1) is 0 Å². The van der Waals surface area contributed by atoms with E-state index in [9.17, 15) is 8.42 Å². The molecule has 0 spiro atoms. The number of sulfonamides is 1. The van der Waals surface area contributed by atoms with Crippen molar-refractivity contribution in [2.45, 2.75) is 25.7 Å². The second kappa shape index (κ2) is 4.52. The standard InChI is InChI=1S/C12H21NO3S/c14-17(15,9-10-1-2-10)13-5-3-11(7-13)12-4-6-16-8-12/h10-12H,1-9H2. The Hall–Kier alpha value is -0.130. The van der Waals surface area contributed by atoms with E-state index in [1.165, 1.54) is 0 Å². The van der Waals surface area contributed by atoms with Crippen LogP contribution in [0.15, 0.2) is 0 Å². The fourth-order valence-corrected chi connectivity index (χ4v) is 4.95. The summed E-state index contributed by atoms with van der Waals surface area (Å²) in [5.74, 6) is 1.97. The highest BCUT2D eigenvalue weighted by molar-refractivity contribution is 7.89. The number of nitrogens with zero attached hydrogens (tertiary/aromatic N) is 1. The lowest BCUT2D eigenvalue weighted by atomic mass is 9.91. The van der Waals surface area contributed by atoms with E-state index in [0.717, 1.165) is 52.0 Å². The van der Waals surface area contributed by atoms with Gasteiger partial charge in [-0.1, -0.05) is 0 Å². The maximum Gasteiger partial charge on any atom is 0.214 e. The quantitative estimate of drug-likeness (QED) is 0.759.